The van der Waals surface area contributed by atoms with Gasteiger partial charge in [0.1, 0.15) is 0 Å². The predicted octanol–water partition coefficient (Wildman–Crippen LogP) is 3.26. The van der Waals surface area contributed by atoms with E-state index in [0.29, 0.717) is 18.7 Å². The molecule has 1 aliphatic rings. The molecule has 0 saturated heterocycles. The lowest BCUT2D eigenvalue weighted by molar-refractivity contribution is 0.0722. The van der Waals surface area contributed by atoms with Crippen molar-refractivity contribution >= 4 is 11.6 Å². The Kier molecular flexibility index (Phi) is 4.21. The number of hydrogen-bond donors (Lipinski definition) is 1. The standard InChI is InChI=1S/C21H22N4O/c1-24(2)17-10-8-16(9-11-17)21(26)25-12-18(15-6-4-3-5-7-15)20-19(13-25)22-14-23-20/h3-11,14,18H,12-13H2,1-2H3,(H,22,23). The molecule has 4 rings (SSSR count). The lowest BCUT2D eigenvalue weighted by Crippen LogP contribution is -2.38. The lowest BCUT2D eigenvalue weighted by Gasteiger charge is -2.32. The fraction of sp³-hybridized carbons (Fsp3) is 0.238. The van der Waals surface area contributed by atoms with Gasteiger partial charge in [0.15, 0.2) is 0 Å². The van der Waals surface area contributed by atoms with Crippen LogP contribution in [0.5, 0.6) is 0 Å². The van der Waals surface area contributed by atoms with E-state index in [2.05, 4.69) is 22.1 Å². The number of nitrogens with zero attached hydrogens (tertiary/aromatic N) is 3. The number of hydrogen-bond acceptors (Lipinski definition) is 3. The third-order valence-electron chi connectivity index (χ3n) is 4.95. The zero-order valence-electron chi connectivity index (χ0n) is 15.0. The van der Waals surface area contributed by atoms with Crippen LogP contribution in [0.25, 0.3) is 0 Å². The second-order valence-electron chi connectivity index (χ2n) is 6.86. The van der Waals surface area contributed by atoms with Crippen molar-refractivity contribution < 1.29 is 4.79 Å². The summed E-state index contributed by atoms with van der Waals surface area (Å²) in [6, 6.07) is 18.0. The second-order valence-corrected chi connectivity index (χ2v) is 6.86. The van der Waals surface area contributed by atoms with E-state index in [1.54, 1.807) is 6.33 Å². The SMILES string of the molecule is CN(C)c1ccc(C(=O)N2Cc3[nH]cnc3C(c3ccccc3)C2)cc1. The average Bonchev–Trinajstić information content (AvgIpc) is 3.16. The van der Waals surface area contributed by atoms with Crippen LogP contribution in [0.4, 0.5) is 5.69 Å². The van der Waals surface area contributed by atoms with E-state index in [1.807, 2.05) is 66.4 Å². The number of anilines is 1. The maximum atomic E-state index is 13.1. The van der Waals surface area contributed by atoms with Gasteiger partial charge in [0.25, 0.3) is 5.91 Å². The number of carbonyl (C=O) groups excluding carboxylic acids is 1. The summed E-state index contributed by atoms with van der Waals surface area (Å²) in [5.41, 5.74) is 5.04. The van der Waals surface area contributed by atoms with Gasteiger partial charge in [-0.1, -0.05) is 30.3 Å². The van der Waals surface area contributed by atoms with E-state index >= 15 is 0 Å². The fourth-order valence-electron chi connectivity index (χ4n) is 3.51. The van der Waals surface area contributed by atoms with Crippen LogP contribution in [0.2, 0.25) is 0 Å². The molecule has 0 bridgehead atoms. The number of carbonyl (C=O) groups is 1. The Morgan fingerprint density at radius 1 is 1.12 bits per heavy atom. The van der Waals surface area contributed by atoms with Crippen molar-refractivity contribution in [3.63, 3.8) is 0 Å². The first-order valence-corrected chi connectivity index (χ1v) is 8.77. The predicted molar refractivity (Wildman–Crippen MR) is 102 cm³/mol. The number of nitrogens with one attached hydrogen (secondary N) is 1. The molecule has 2 heterocycles. The molecular formula is C21H22N4O. The molecule has 0 radical (unpaired) electrons. The highest BCUT2D eigenvalue weighted by molar-refractivity contribution is 5.94. The van der Waals surface area contributed by atoms with Crippen molar-refractivity contribution in [2.75, 3.05) is 25.5 Å². The quantitative estimate of drug-likeness (QED) is 0.792. The van der Waals surface area contributed by atoms with Crippen molar-refractivity contribution in [1.82, 2.24) is 14.9 Å². The smallest absolute Gasteiger partial charge is 0.254 e. The van der Waals surface area contributed by atoms with Gasteiger partial charge in [0, 0.05) is 37.8 Å². The third kappa shape index (κ3) is 2.96. The molecule has 0 spiro atoms. The number of H-pyrrole nitrogens is 1. The Balaban J connectivity index is 1.62. The number of fused-ring (bicyclic) bond motifs is 1. The minimum absolute atomic E-state index is 0.0523. The molecule has 1 amide bonds. The highest BCUT2D eigenvalue weighted by Gasteiger charge is 2.31. The zero-order chi connectivity index (χ0) is 18.1. The number of amides is 1. The Bertz CT molecular complexity index is 899. The van der Waals surface area contributed by atoms with Gasteiger partial charge in [0.2, 0.25) is 0 Å². The van der Waals surface area contributed by atoms with Gasteiger partial charge in [-0.05, 0) is 29.8 Å². The molecule has 0 aliphatic carbocycles. The van der Waals surface area contributed by atoms with Gasteiger partial charge in [-0.15, -0.1) is 0 Å². The van der Waals surface area contributed by atoms with Gasteiger partial charge in [0.05, 0.1) is 24.3 Å². The number of aromatic nitrogens is 2. The van der Waals surface area contributed by atoms with E-state index in [0.717, 1.165) is 17.1 Å². The first-order chi connectivity index (χ1) is 12.6. The summed E-state index contributed by atoms with van der Waals surface area (Å²) in [5, 5.41) is 0. The monoisotopic (exact) mass is 346 g/mol. The summed E-state index contributed by atoms with van der Waals surface area (Å²) >= 11 is 0. The zero-order valence-corrected chi connectivity index (χ0v) is 15.0. The molecule has 3 aromatic rings. The number of benzene rings is 2. The Hall–Kier alpha value is -3.08. The Morgan fingerprint density at radius 3 is 2.54 bits per heavy atom. The van der Waals surface area contributed by atoms with Crippen LogP contribution in [0.3, 0.4) is 0 Å². The molecule has 132 valence electrons. The summed E-state index contributed by atoms with van der Waals surface area (Å²) in [6.07, 6.45) is 1.72. The number of rotatable bonds is 3. The first-order valence-electron chi connectivity index (χ1n) is 8.77. The molecule has 1 unspecified atom stereocenters. The van der Waals surface area contributed by atoms with Crippen molar-refractivity contribution in [1.29, 1.82) is 0 Å². The molecule has 26 heavy (non-hydrogen) atoms. The highest BCUT2D eigenvalue weighted by Crippen LogP contribution is 2.32. The van der Waals surface area contributed by atoms with E-state index in [1.165, 1.54) is 5.56 Å². The topological polar surface area (TPSA) is 52.2 Å². The van der Waals surface area contributed by atoms with Gasteiger partial charge in [-0.2, -0.15) is 0 Å². The molecule has 0 saturated carbocycles. The van der Waals surface area contributed by atoms with E-state index in [-0.39, 0.29) is 11.8 Å². The average molecular weight is 346 g/mol. The molecule has 1 atom stereocenters. The third-order valence-corrected chi connectivity index (χ3v) is 4.95. The highest BCUT2D eigenvalue weighted by atomic mass is 16.2. The lowest BCUT2D eigenvalue weighted by atomic mass is 9.90. The van der Waals surface area contributed by atoms with Crippen LogP contribution >= 0.6 is 0 Å². The molecule has 1 N–H and O–H groups in total. The van der Waals surface area contributed by atoms with Crippen molar-refractivity contribution in [3.05, 3.63) is 83.4 Å². The number of aromatic amines is 1. The van der Waals surface area contributed by atoms with Crippen LogP contribution in [-0.2, 0) is 6.54 Å². The van der Waals surface area contributed by atoms with E-state index < -0.39 is 0 Å². The van der Waals surface area contributed by atoms with Gasteiger partial charge >= 0.3 is 0 Å². The maximum Gasteiger partial charge on any atom is 0.254 e. The largest absolute Gasteiger partial charge is 0.378 e. The molecule has 1 aliphatic heterocycles. The van der Waals surface area contributed by atoms with Gasteiger partial charge < -0.3 is 14.8 Å². The molecule has 5 nitrogen and oxygen atoms in total. The summed E-state index contributed by atoms with van der Waals surface area (Å²) < 4.78 is 0. The molecular weight excluding hydrogens is 324 g/mol. The van der Waals surface area contributed by atoms with Crippen molar-refractivity contribution in [2.45, 2.75) is 12.5 Å². The normalized spacial score (nSPS) is 16.2. The molecule has 2 aromatic carbocycles. The van der Waals surface area contributed by atoms with Crippen LogP contribution in [-0.4, -0.2) is 41.4 Å². The van der Waals surface area contributed by atoms with E-state index in [9.17, 15) is 4.79 Å². The summed E-state index contributed by atoms with van der Waals surface area (Å²) in [5.74, 6) is 0.146. The van der Waals surface area contributed by atoms with Crippen LogP contribution in [0.1, 0.15) is 33.2 Å². The van der Waals surface area contributed by atoms with Crippen LogP contribution in [0, 0.1) is 0 Å². The maximum absolute atomic E-state index is 13.1. The molecule has 1 aromatic heterocycles. The minimum atomic E-state index is 0.0523. The summed E-state index contributed by atoms with van der Waals surface area (Å²) in [6.45, 7) is 1.20. The van der Waals surface area contributed by atoms with Gasteiger partial charge in [-0.3, -0.25) is 4.79 Å². The van der Waals surface area contributed by atoms with Crippen LogP contribution < -0.4 is 4.90 Å². The minimum Gasteiger partial charge on any atom is -0.378 e. The molecule has 0 fully saturated rings. The van der Waals surface area contributed by atoms with Gasteiger partial charge in [-0.25, -0.2) is 4.98 Å². The second kappa shape index (κ2) is 6.67. The fourth-order valence-corrected chi connectivity index (χ4v) is 3.51. The Morgan fingerprint density at radius 2 is 1.85 bits per heavy atom. The van der Waals surface area contributed by atoms with Crippen molar-refractivity contribution in [2.24, 2.45) is 0 Å². The summed E-state index contributed by atoms with van der Waals surface area (Å²) in [4.78, 5) is 24.7. The Labute approximate surface area is 153 Å². The van der Waals surface area contributed by atoms with Crippen molar-refractivity contribution in [3.8, 4) is 0 Å². The summed E-state index contributed by atoms with van der Waals surface area (Å²) in [7, 11) is 3.98. The molecule has 5 heteroatoms. The first kappa shape index (κ1) is 16.4. The van der Waals surface area contributed by atoms with Crippen LogP contribution in [0.15, 0.2) is 60.9 Å². The van der Waals surface area contributed by atoms with E-state index in [4.69, 9.17) is 0 Å². The number of imidazole rings is 1.